The number of primary amides is 1. The minimum atomic E-state index is -2.18. The van der Waals surface area contributed by atoms with Crippen molar-refractivity contribution in [3.8, 4) is 11.3 Å². The van der Waals surface area contributed by atoms with Gasteiger partial charge in [-0.15, -0.1) is 0 Å². The molecule has 1 unspecified atom stereocenters. The third-order valence-electron chi connectivity index (χ3n) is 25.4. The summed E-state index contributed by atoms with van der Waals surface area (Å²) < 4.78 is 54.5. The molecule has 1 aliphatic heterocycles. The molecule has 5 amide bonds. The van der Waals surface area contributed by atoms with Gasteiger partial charge in [0.2, 0.25) is 17.7 Å². The lowest BCUT2D eigenvalue weighted by molar-refractivity contribution is -0.163. The third kappa shape index (κ3) is 23.1. The molecule has 5 saturated carbocycles. The molecule has 3 heterocycles. The van der Waals surface area contributed by atoms with Crippen LogP contribution in [0, 0.1) is 69.9 Å². The minimum absolute atomic E-state index is 0.0296. The predicted molar refractivity (Wildman–Crippen MR) is 409 cm³/mol. The predicted octanol–water partition coefficient (Wildman–Crippen LogP) is 8.10. The second-order valence-corrected chi connectivity index (χ2v) is 34.9. The van der Waals surface area contributed by atoms with Gasteiger partial charge in [0, 0.05) is 56.1 Å². The van der Waals surface area contributed by atoms with Gasteiger partial charge >= 0.3 is 5.97 Å². The summed E-state index contributed by atoms with van der Waals surface area (Å²) >= 11 is 0. The molecule has 1 aromatic carbocycles. The van der Waals surface area contributed by atoms with Gasteiger partial charge in [-0.1, -0.05) is 74.7 Å². The van der Waals surface area contributed by atoms with Crippen molar-refractivity contribution in [1.29, 1.82) is 0 Å². The number of imidazole rings is 1. The average Bonchev–Trinajstić information content (AvgIpc) is 1.42. The van der Waals surface area contributed by atoms with Gasteiger partial charge < -0.3 is 79.8 Å². The summed E-state index contributed by atoms with van der Waals surface area (Å²) in [6.45, 7) is 26.0. The van der Waals surface area contributed by atoms with E-state index >= 15 is 0 Å². The molecule has 6 aliphatic rings. The Morgan fingerprint density at radius 3 is 1.91 bits per heavy atom. The maximum absolute atomic E-state index is 14.2. The van der Waals surface area contributed by atoms with Crippen LogP contribution in [0.3, 0.4) is 0 Å². The summed E-state index contributed by atoms with van der Waals surface area (Å²) in [4.78, 5) is 101. The molecular weight excluding hydrogens is 1420 g/mol. The second kappa shape index (κ2) is 40.2. The van der Waals surface area contributed by atoms with Crippen molar-refractivity contribution in [2.24, 2.45) is 69.8 Å². The number of aliphatic hydroxyl groups excluding tert-OH is 4. The van der Waals surface area contributed by atoms with Gasteiger partial charge in [0.05, 0.1) is 103 Å². The monoisotopic (exact) mass is 1540 g/mol. The number of esters is 1. The zero-order valence-electron chi connectivity index (χ0n) is 67.1. The van der Waals surface area contributed by atoms with E-state index in [2.05, 4.69) is 45.3 Å². The number of benzene rings is 1. The fraction of sp³-hybridized carbons (Fsp3) is 0.771. The SMILES string of the molecule is CC(C)CCC[C@@H](C)[C@H]1CC[C@H]2[C@@H]3CC[C@@H]4C[C@@H](OC(=O)C[C@H](NC(=O)CCOCCOCCOCCOCCOCCOCCNC(=O)[C@@H](O)[C@H](O)[C@H](O)[C@@H](O)C(=O)CC5CCC(C(=O)N6CCN(C(=O)c7cn8nc(-c9ccc(F)cc9)cc(C(C)(C)C)c8n7)C(C)(C)C6)CC5)C(N)=O)CC[C@]4(C)C3CC[C@]12C. The summed E-state index contributed by atoms with van der Waals surface area (Å²) in [5, 5.41) is 52.3. The van der Waals surface area contributed by atoms with Gasteiger partial charge in [-0.25, -0.2) is 13.9 Å². The number of halogens is 1. The van der Waals surface area contributed by atoms with Crippen LogP contribution in [0.4, 0.5) is 4.39 Å². The highest BCUT2D eigenvalue weighted by atomic mass is 19.1. The summed E-state index contributed by atoms with van der Waals surface area (Å²) in [5.74, 6) is 0.371. The van der Waals surface area contributed by atoms with E-state index in [0.717, 1.165) is 65.9 Å². The molecule has 0 radical (unpaired) electrons. The Balaban J connectivity index is 0.536. The fourth-order valence-electron chi connectivity index (χ4n) is 19.2. The van der Waals surface area contributed by atoms with E-state index < -0.39 is 65.5 Å². The van der Waals surface area contributed by atoms with Crippen LogP contribution in [0.25, 0.3) is 16.9 Å². The number of carbonyl (C=O) groups excluding carboxylic acids is 7. The van der Waals surface area contributed by atoms with Crippen LogP contribution < -0.4 is 16.4 Å². The van der Waals surface area contributed by atoms with Gasteiger partial charge in [0.15, 0.2) is 17.5 Å². The standard InChI is InChI=1S/C83H129FN8O18/c1-52(2)12-11-13-53(3)61-24-25-62-60-23-20-57-47-59(26-29-82(57,9)63(60)27-30-83(61,62)10)110-70(95)49-66(75(85)100)87-69(94)28-34-104-36-38-106-40-42-108-44-45-109-43-41-107-39-37-105-35-31-86-77(101)74(99)73(98)72(97)71(96)68(93)46-54-14-16-56(17-15-54)78(102)90-32-33-91(81(7,8)51-90)79(103)67-50-92-76(88-67)64(80(4,5)6)48-65(89-92)55-18-21-58(84)22-19-55/h18-19,21-22,48,50,52-54,56-57,59-63,66,71-74,96-99H,11-17,20,23-47,49,51H2,1-10H3,(H2,85,100)(H,86,101)(H,87,94)/t53-,54?,56?,57-,59+,60+,61-,62+,63?,66+,71+,72-,73-,74+,82+,83-/m1/s1. The van der Waals surface area contributed by atoms with Crippen molar-refractivity contribution < 1.29 is 91.5 Å². The number of nitrogens with one attached hydrogen (secondary N) is 2. The second-order valence-electron chi connectivity index (χ2n) is 34.9. The Morgan fingerprint density at radius 2 is 1.30 bits per heavy atom. The Labute approximate surface area is 649 Å². The van der Waals surface area contributed by atoms with E-state index in [0.29, 0.717) is 87.9 Å². The third-order valence-corrected chi connectivity index (χ3v) is 25.4. The van der Waals surface area contributed by atoms with Crippen LogP contribution in [0.2, 0.25) is 0 Å². The number of amides is 5. The van der Waals surface area contributed by atoms with E-state index in [1.165, 1.54) is 69.9 Å². The first-order chi connectivity index (χ1) is 52.3. The van der Waals surface area contributed by atoms with Gasteiger partial charge in [0.25, 0.3) is 11.8 Å². The molecule has 110 heavy (non-hydrogen) atoms. The number of rotatable bonds is 41. The minimum Gasteiger partial charge on any atom is -0.462 e. The zero-order valence-corrected chi connectivity index (χ0v) is 67.1. The lowest BCUT2D eigenvalue weighted by atomic mass is 9.44. The summed E-state index contributed by atoms with van der Waals surface area (Å²) in [6.07, 6.45) is 8.80. The molecule has 0 bridgehead atoms. The van der Waals surface area contributed by atoms with Crippen molar-refractivity contribution in [2.75, 3.05) is 105 Å². The number of aliphatic hydroxyl groups is 4. The van der Waals surface area contributed by atoms with E-state index in [1.807, 2.05) is 40.7 Å². The molecule has 1 saturated heterocycles. The number of Topliss-reactive ketones (excluding diaryl/α,β-unsaturated/α-hetero) is 1. The highest BCUT2D eigenvalue weighted by molar-refractivity contribution is 5.94. The van der Waals surface area contributed by atoms with E-state index in [1.54, 1.807) is 32.6 Å². The van der Waals surface area contributed by atoms with Crippen LogP contribution in [0.5, 0.6) is 0 Å². The first-order valence-electron chi connectivity index (χ1n) is 40.8. The topological polar surface area (TPSA) is 352 Å². The number of ketones is 1. The summed E-state index contributed by atoms with van der Waals surface area (Å²) in [7, 11) is 0. The van der Waals surface area contributed by atoms with Crippen LogP contribution in [-0.4, -0.2) is 234 Å². The highest BCUT2D eigenvalue weighted by Gasteiger charge is 2.61. The maximum Gasteiger partial charge on any atom is 0.308 e. The molecular formula is C83H129FN8O18. The molecule has 8 N–H and O–H groups in total. The molecule has 5 aliphatic carbocycles. The normalized spacial score (nSPS) is 26.4. The van der Waals surface area contributed by atoms with Crippen molar-refractivity contribution in [2.45, 2.75) is 239 Å². The number of hydrogen-bond donors (Lipinski definition) is 7. The first kappa shape index (κ1) is 87.8. The molecule has 616 valence electrons. The smallest absolute Gasteiger partial charge is 0.308 e. The zero-order chi connectivity index (χ0) is 79.7. The largest absolute Gasteiger partial charge is 0.462 e. The first-order valence-corrected chi connectivity index (χ1v) is 40.8. The van der Waals surface area contributed by atoms with Crippen molar-refractivity contribution >= 4 is 46.9 Å². The number of aromatic nitrogens is 3. The van der Waals surface area contributed by atoms with Gasteiger partial charge in [-0.3, -0.25) is 33.6 Å². The molecule has 3 aromatic rings. The van der Waals surface area contributed by atoms with Crippen LogP contribution in [-0.2, 0) is 67.3 Å². The van der Waals surface area contributed by atoms with Crippen LogP contribution in [0.1, 0.15) is 207 Å². The molecule has 2 aromatic heterocycles. The summed E-state index contributed by atoms with van der Waals surface area (Å²) in [5.41, 5.74) is 8.16. The van der Waals surface area contributed by atoms with Crippen molar-refractivity contribution in [3.63, 3.8) is 0 Å². The number of fused-ring (bicyclic) bond motifs is 6. The number of piperazine rings is 1. The molecule has 27 heteroatoms. The Hall–Kier alpha value is -6.14. The van der Waals surface area contributed by atoms with Gasteiger partial charge in [-0.2, -0.15) is 5.10 Å². The number of hydrogen-bond acceptors (Lipinski definition) is 20. The van der Waals surface area contributed by atoms with Crippen LogP contribution in [0.15, 0.2) is 36.5 Å². The van der Waals surface area contributed by atoms with E-state index in [4.69, 9.17) is 49.0 Å². The number of nitrogens with two attached hydrogens (primary N) is 1. The lowest BCUT2D eigenvalue weighted by Gasteiger charge is -2.61. The number of nitrogens with zero attached hydrogens (tertiary/aromatic N) is 5. The van der Waals surface area contributed by atoms with Crippen LogP contribution >= 0.6 is 0 Å². The van der Waals surface area contributed by atoms with E-state index in [-0.39, 0.29) is 137 Å². The number of ether oxygens (including phenoxy) is 7. The lowest BCUT2D eigenvalue weighted by Crippen LogP contribution is -2.62. The molecule has 26 nitrogen and oxygen atoms in total. The quantitative estimate of drug-likeness (QED) is 0.0208. The molecule has 9 rings (SSSR count). The Kier molecular flexibility index (Phi) is 32.1. The maximum atomic E-state index is 14.2. The summed E-state index contributed by atoms with van der Waals surface area (Å²) in [6, 6.07) is 6.80. The Morgan fingerprint density at radius 1 is 0.700 bits per heavy atom. The molecule has 6 fully saturated rings. The van der Waals surface area contributed by atoms with Crippen molar-refractivity contribution in [3.05, 3.63) is 53.6 Å². The molecule has 14 atom stereocenters. The number of carbonyl (C=O) groups is 7. The van der Waals surface area contributed by atoms with E-state index in [9.17, 15) is 58.4 Å². The average molecular weight is 1550 g/mol. The Bertz CT molecular complexity index is 3510. The molecule has 0 spiro atoms. The highest BCUT2D eigenvalue weighted by Crippen LogP contribution is 2.68. The fourth-order valence-corrected chi connectivity index (χ4v) is 19.2. The van der Waals surface area contributed by atoms with Gasteiger partial charge in [-0.05, 0) is 191 Å². The van der Waals surface area contributed by atoms with Gasteiger partial charge in [0.1, 0.15) is 42.0 Å². The van der Waals surface area contributed by atoms with Crippen molar-refractivity contribution in [1.82, 2.24) is 35.0 Å².